The van der Waals surface area contributed by atoms with Crippen molar-refractivity contribution in [3.8, 4) is 0 Å². The lowest BCUT2D eigenvalue weighted by atomic mass is 10.0. The van der Waals surface area contributed by atoms with Crippen LogP contribution in [-0.2, 0) is 4.79 Å². The first-order chi connectivity index (χ1) is 11.5. The summed E-state index contributed by atoms with van der Waals surface area (Å²) in [5, 5.41) is 9.96. The Morgan fingerprint density at radius 3 is 2.67 bits per heavy atom. The van der Waals surface area contributed by atoms with Crippen molar-refractivity contribution in [3.05, 3.63) is 64.2 Å². The maximum Gasteiger partial charge on any atom is 0.303 e. The van der Waals surface area contributed by atoms with E-state index in [-0.39, 0.29) is 6.42 Å². The highest BCUT2D eigenvalue weighted by molar-refractivity contribution is 7.19. The fraction of sp³-hybridized carbons (Fsp3) is 0.200. The number of thiazole rings is 1. The lowest BCUT2D eigenvalue weighted by Crippen LogP contribution is -1.96. The van der Waals surface area contributed by atoms with E-state index >= 15 is 0 Å². The number of aliphatic carboxylic acids is 1. The number of carbonyl (C=O) groups is 1. The van der Waals surface area contributed by atoms with Crippen molar-refractivity contribution in [3.63, 3.8) is 0 Å². The second-order valence-electron chi connectivity index (χ2n) is 5.91. The number of fused-ring (bicyclic) bond motifs is 1. The summed E-state index contributed by atoms with van der Waals surface area (Å²) in [5.41, 5.74) is 5.45. The molecule has 0 aliphatic carbocycles. The maximum atomic E-state index is 11.0. The van der Waals surface area contributed by atoms with Crippen molar-refractivity contribution in [1.82, 2.24) is 4.98 Å². The van der Waals surface area contributed by atoms with Crippen LogP contribution in [0.3, 0.4) is 0 Å². The molecule has 0 aliphatic rings. The van der Waals surface area contributed by atoms with Crippen LogP contribution in [0.2, 0.25) is 0 Å². The summed E-state index contributed by atoms with van der Waals surface area (Å²) in [4.78, 5) is 15.7. The minimum atomic E-state index is -0.789. The summed E-state index contributed by atoms with van der Waals surface area (Å²) in [6.07, 6.45) is 2.66. The number of carboxylic acid groups (broad SMARTS) is 1. The Hall–Kier alpha value is -2.46. The van der Waals surface area contributed by atoms with Gasteiger partial charge in [0.2, 0.25) is 0 Å². The van der Waals surface area contributed by atoms with E-state index in [1.807, 2.05) is 24.3 Å². The standard InChI is InChI=1S/C20H19NO2S/c1-13-7-8-15(14(2)11-13)12-16(9-10-19(22)23)20-21-17-5-3-4-6-18(17)24-20/h3-8,11-12H,9-10H2,1-2H3,(H,22,23)/b16-12+. The van der Waals surface area contributed by atoms with E-state index < -0.39 is 5.97 Å². The van der Waals surface area contributed by atoms with Crippen LogP contribution in [-0.4, -0.2) is 16.1 Å². The van der Waals surface area contributed by atoms with Gasteiger partial charge in [-0.15, -0.1) is 11.3 Å². The fourth-order valence-electron chi connectivity index (χ4n) is 2.67. The number of benzene rings is 2. The minimum absolute atomic E-state index is 0.104. The van der Waals surface area contributed by atoms with Crippen LogP contribution in [0.4, 0.5) is 0 Å². The SMILES string of the molecule is Cc1ccc(/C=C(\CCC(=O)O)c2nc3ccccc3s2)c(C)c1. The lowest BCUT2D eigenvalue weighted by Gasteiger charge is -2.06. The molecule has 0 atom stereocenters. The molecule has 0 bridgehead atoms. The van der Waals surface area contributed by atoms with E-state index in [0.717, 1.165) is 26.4 Å². The molecule has 0 unspecified atom stereocenters. The summed E-state index contributed by atoms with van der Waals surface area (Å²) in [5.74, 6) is -0.789. The molecule has 0 amide bonds. The van der Waals surface area contributed by atoms with Gasteiger partial charge in [-0.05, 0) is 55.2 Å². The van der Waals surface area contributed by atoms with Crippen molar-refractivity contribution >= 4 is 39.2 Å². The van der Waals surface area contributed by atoms with E-state index in [2.05, 4.69) is 38.1 Å². The first-order valence-electron chi connectivity index (χ1n) is 7.88. The smallest absolute Gasteiger partial charge is 0.303 e. The zero-order valence-electron chi connectivity index (χ0n) is 13.7. The van der Waals surface area contributed by atoms with E-state index in [4.69, 9.17) is 10.1 Å². The molecule has 0 aliphatic heterocycles. The van der Waals surface area contributed by atoms with Crippen LogP contribution < -0.4 is 0 Å². The third-order valence-corrected chi connectivity index (χ3v) is 5.04. The van der Waals surface area contributed by atoms with E-state index in [9.17, 15) is 4.79 Å². The summed E-state index contributed by atoms with van der Waals surface area (Å²) in [6, 6.07) is 14.3. The van der Waals surface area contributed by atoms with Crippen LogP contribution in [0.25, 0.3) is 21.9 Å². The van der Waals surface area contributed by atoms with Gasteiger partial charge in [-0.3, -0.25) is 4.79 Å². The maximum absolute atomic E-state index is 11.0. The highest BCUT2D eigenvalue weighted by Crippen LogP contribution is 2.31. The number of carboxylic acids is 1. The molecule has 122 valence electrons. The number of hydrogen-bond acceptors (Lipinski definition) is 3. The molecular formula is C20H19NO2S. The molecule has 3 nitrogen and oxygen atoms in total. The van der Waals surface area contributed by atoms with Crippen LogP contribution in [0.1, 0.15) is 34.5 Å². The highest BCUT2D eigenvalue weighted by atomic mass is 32.1. The van der Waals surface area contributed by atoms with Crippen molar-refractivity contribution in [1.29, 1.82) is 0 Å². The zero-order valence-corrected chi connectivity index (χ0v) is 14.6. The quantitative estimate of drug-likeness (QED) is 0.685. The van der Waals surface area contributed by atoms with Crippen LogP contribution >= 0.6 is 11.3 Å². The van der Waals surface area contributed by atoms with Gasteiger partial charge in [-0.25, -0.2) is 4.98 Å². The molecule has 4 heteroatoms. The number of nitrogens with zero attached hydrogens (tertiary/aromatic N) is 1. The van der Waals surface area contributed by atoms with Gasteiger partial charge in [-0.2, -0.15) is 0 Å². The summed E-state index contributed by atoms with van der Waals surface area (Å²) in [6.45, 7) is 4.14. The van der Waals surface area contributed by atoms with Gasteiger partial charge < -0.3 is 5.11 Å². The third kappa shape index (κ3) is 3.71. The second-order valence-corrected chi connectivity index (χ2v) is 6.94. The Labute approximate surface area is 145 Å². The predicted molar refractivity (Wildman–Crippen MR) is 100 cm³/mol. The fourth-order valence-corrected chi connectivity index (χ4v) is 3.68. The molecule has 24 heavy (non-hydrogen) atoms. The van der Waals surface area contributed by atoms with Crippen molar-refractivity contribution in [2.75, 3.05) is 0 Å². The molecule has 0 fully saturated rings. The van der Waals surface area contributed by atoms with Crippen LogP contribution in [0.5, 0.6) is 0 Å². The van der Waals surface area contributed by atoms with Crippen LogP contribution in [0, 0.1) is 13.8 Å². The molecule has 3 aromatic rings. The van der Waals surface area contributed by atoms with E-state index in [1.165, 1.54) is 11.1 Å². The van der Waals surface area contributed by atoms with Gasteiger partial charge in [-0.1, -0.05) is 35.9 Å². The molecule has 1 N–H and O–H groups in total. The predicted octanol–water partition coefficient (Wildman–Crippen LogP) is 5.32. The zero-order chi connectivity index (χ0) is 17.1. The Morgan fingerprint density at radius 2 is 1.96 bits per heavy atom. The largest absolute Gasteiger partial charge is 0.481 e. The van der Waals surface area contributed by atoms with Crippen molar-refractivity contribution < 1.29 is 9.90 Å². The molecule has 2 aromatic carbocycles. The summed E-state index contributed by atoms with van der Waals surface area (Å²) in [7, 11) is 0. The van der Waals surface area contributed by atoms with E-state index in [1.54, 1.807) is 11.3 Å². The molecular weight excluding hydrogens is 318 g/mol. The number of aryl methyl sites for hydroxylation is 2. The van der Waals surface area contributed by atoms with Gasteiger partial charge in [0.05, 0.1) is 10.2 Å². The number of allylic oxidation sites excluding steroid dienone is 1. The van der Waals surface area contributed by atoms with Gasteiger partial charge in [0.1, 0.15) is 5.01 Å². The average molecular weight is 337 g/mol. The minimum Gasteiger partial charge on any atom is -0.481 e. The normalized spacial score (nSPS) is 11.8. The number of aromatic nitrogens is 1. The first kappa shape index (κ1) is 16.4. The molecule has 3 rings (SSSR count). The molecule has 0 saturated heterocycles. The average Bonchev–Trinajstić information content (AvgIpc) is 2.97. The highest BCUT2D eigenvalue weighted by Gasteiger charge is 2.11. The number of rotatable bonds is 5. The molecule has 1 aromatic heterocycles. The van der Waals surface area contributed by atoms with Crippen molar-refractivity contribution in [2.45, 2.75) is 26.7 Å². The van der Waals surface area contributed by atoms with Crippen molar-refractivity contribution in [2.24, 2.45) is 0 Å². The lowest BCUT2D eigenvalue weighted by molar-refractivity contribution is -0.136. The Kier molecular flexibility index (Phi) is 4.76. The summed E-state index contributed by atoms with van der Waals surface area (Å²) >= 11 is 1.61. The monoisotopic (exact) mass is 337 g/mol. The topological polar surface area (TPSA) is 50.2 Å². The second kappa shape index (κ2) is 6.97. The number of para-hydroxylation sites is 1. The van der Waals surface area contributed by atoms with E-state index in [0.29, 0.717) is 6.42 Å². The Balaban J connectivity index is 2.04. The third-order valence-electron chi connectivity index (χ3n) is 3.93. The van der Waals surface area contributed by atoms with Gasteiger partial charge in [0.15, 0.2) is 0 Å². The first-order valence-corrected chi connectivity index (χ1v) is 8.70. The molecule has 0 spiro atoms. The Morgan fingerprint density at radius 1 is 1.17 bits per heavy atom. The van der Waals surface area contributed by atoms with Gasteiger partial charge >= 0.3 is 5.97 Å². The van der Waals surface area contributed by atoms with Gasteiger partial charge in [0.25, 0.3) is 0 Å². The number of hydrogen-bond donors (Lipinski definition) is 1. The van der Waals surface area contributed by atoms with Gasteiger partial charge in [0, 0.05) is 6.42 Å². The molecule has 0 radical (unpaired) electrons. The Bertz CT molecular complexity index is 891. The van der Waals surface area contributed by atoms with Crippen LogP contribution in [0.15, 0.2) is 42.5 Å². The summed E-state index contributed by atoms with van der Waals surface area (Å²) < 4.78 is 1.12. The molecule has 0 saturated carbocycles. The molecule has 1 heterocycles.